The Morgan fingerprint density at radius 2 is 2.17 bits per heavy atom. The normalized spacial score (nSPS) is 12.0. The number of alkyl halides is 3. The van der Waals surface area contributed by atoms with Crippen molar-refractivity contribution in [2.75, 3.05) is 0 Å². The number of carbonyl (C=O) groups is 1. The number of halogens is 4. The van der Waals surface area contributed by atoms with Crippen molar-refractivity contribution in [3.63, 3.8) is 0 Å². The summed E-state index contributed by atoms with van der Waals surface area (Å²) in [4.78, 5) is 17.6. The molecule has 0 aliphatic heterocycles. The van der Waals surface area contributed by atoms with Crippen molar-refractivity contribution in [3.8, 4) is 0 Å². The Morgan fingerprint density at radius 3 is 2.72 bits per heavy atom. The van der Waals surface area contributed by atoms with E-state index in [1.165, 1.54) is 6.07 Å². The van der Waals surface area contributed by atoms with E-state index >= 15 is 0 Å². The van der Waals surface area contributed by atoms with Gasteiger partial charge in [-0.3, -0.25) is 9.36 Å². The third-order valence-electron chi connectivity index (χ3n) is 2.10. The van der Waals surface area contributed by atoms with E-state index in [-0.39, 0.29) is 16.2 Å². The second kappa shape index (κ2) is 4.13. The minimum absolute atomic E-state index is 0.101. The molecule has 0 fully saturated rings. The molecule has 1 N–H and O–H groups in total. The number of aromatic nitrogens is 3. The van der Waals surface area contributed by atoms with Crippen molar-refractivity contribution >= 4 is 28.7 Å². The lowest BCUT2D eigenvalue weighted by molar-refractivity contribution is -0.148. The highest BCUT2D eigenvalue weighted by Crippen LogP contribution is 2.31. The van der Waals surface area contributed by atoms with Gasteiger partial charge in [0.15, 0.2) is 5.65 Å². The molecular formula is C9H5ClF3N3O2. The van der Waals surface area contributed by atoms with E-state index in [0.29, 0.717) is 4.57 Å². The van der Waals surface area contributed by atoms with Gasteiger partial charge in [-0.05, 0) is 6.07 Å². The molecule has 2 aromatic heterocycles. The van der Waals surface area contributed by atoms with Crippen molar-refractivity contribution in [2.24, 2.45) is 0 Å². The van der Waals surface area contributed by atoms with Crippen LogP contribution in [0.15, 0.2) is 12.3 Å². The maximum Gasteiger partial charge on any atom is 0.449 e. The molecule has 0 spiro atoms. The molecule has 0 bridgehead atoms. The quantitative estimate of drug-likeness (QED) is 0.915. The number of aliphatic carboxylic acids is 1. The van der Waals surface area contributed by atoms with Gasteiger partial charge in [-0.2, -0.15) is 13.2 Å². The van der Waals surface area contributed by atoms with Crippen LogP contribution >= 0.6 is 11.6 Å². The number of carboxylic acids is 1. The molecule has 2 heterocycles. The molecule has 0 aromatic carbocycles. The highest BCUT2D eigenvalue weighted by Gasteiger charge is 2.38. The van der Waals surface area contributed by atoms with E-state index in [9.17, 15) is 18.0 Å². The van der Waals surface area contributed by atoms with Gasteiger partial charge < -0.3 is 5.11 Å². The van der Waals surface area contributed by atoms with E-state index in [1.807, 2.05) is 0 Å². The zero-order valence-corrected chi connectivity index (χ0v) is 9.33. The average Bonchev–Trinajstić information content (AvgIpc) is 2.55. The number of nitrogens with zero attached hydrogens (tertiary/aromatic N) is 3. The number of imidazole rings is 1. The van der Waals surface area contributed by atoms with Gasteiger partial charge in [-0.15, -0.1) is 0 Å². The summed E-state index contributed by atoms with van der Waals surface area (Å²) in [5, 5.41) is 8.74. The Kier molecular flexibility index (Phi) is 2.89. The predicted octanol–water partition coefficient (Wildman–Crippen LogP) is 2.19. The lowest BCUT2D eigenvalue weighted by atomic mass is 10.4. The third-order valence-corrected chi connectivity index (χ3v) is 2.31. The summed E-state index contributed by atoms with van der Waals surface area (Å²) in [5.41, 5.74) is -0.273. The Morgan fingerprint density at radius 1 is 1.50 bits per heavy atom. The van der Waals surface area contributed by atoms with Gasteiger partial charge in [0.25, 0.3) is 0 Å². The standard InChI is InChI=1S/C9H5ClF3N3O2/c10-4-1-5-7(14-2-4)16(3-6(17)18)8(15-5)9(11,12)13/h1-2H,3H2,(H,17,18). The number of carboxylic acid groups (broad SMARTS) is 1. The molecule has 0 aliphatic carbocycles. The number of fused-ring (bicyclic) bond motifs is 1. The topological polar surface area (TPSA) is 68.0 Å². The van der Waals surface area contributed by atoms with Crippen molar-refractivity contribution in [3.05, 3.63) is 23.1 Å². The molecule has 0 saturated carbocycles. The van der Waals surface area contributed by atoms with Crippen LogP contribution in [0.5, 0.6) is 0 Å². The van der Waals surface area contributed by atoms with Gasteiger partial charge in [-0.25, -0.2) is 9.97 Å². The molecule has 5 nitrogen and oxygen atoms in total. The summed E-state index contributed by atoms with van der Waals surface area (Å²) in [5.74, 6) is -2.73. The minimum atomic E-state index is -4.76. The van der Waals surface area contributed by atoms with Gasteiger partial charge in [0.2, 0.25) is 5.82 Å². The molecule has 96 valence electrons. The number of hydrogen-bond acceptors (Lipinski definition) is 3. The van der Waals surface area contributed by atoms with E-state index in [4.69, 9.17) is 16.7 Å². The maximum atomic E-state index is 12.7. The second-order valence-electron chi connectivity index (χ2n) is 3.41. The summed E-state index contributed by atoms with van der Waals surface area (Å²) in [6.45, 7) is -0.875. The molecule has 0 saturated heterocycles. The smallest absolute Gasteiger partial charge is 0.449 e. The molecule has 0 aliphatic rings. The van der Waals surface area contributed by atoms with Crippen LogP contribution in [0.3, 0.4) is 0 Å². The fourth-order valence-electron chi connectivity index (χ4n) is 1.49. The van der Waals surface area contributed by atoms with Crippen molar-refractivity contribution in [2.45, 2.75) is 12.7 Å². The SMILES string of the molecule is O=C(O)Cn1c(C(F)(F)F)nc2cc(Cl)cnc21. The summed E-state index contributed by atoms with van der Waals surface area (Å²) >= 11 is 5.59. The molecule has 0 unspecified atom stereocenters. The van der Waals surface area contributed by atoms with Crippen LogP contribution in [0, 0.1) is 0 Å². The van der Waals surface area contributed by atoms with E-state index < -0.39 is 24.5 Å². The minimum Gasteiger partial charge on any atom is -0.480 e. The van der Waals surface area contributed by atoms with Crippen LogP contribution < -0.4 is 0 Å². The van der Waals surface area contributed by atoms with Crippen LogP contribution in [0.2, 0.25) is 5.02 Å². The number of rotatable bonds is 2. The summed E-state index contributed by atoms with van der Waals surface area (Å²) in [6, 6.07) is 1.19. The van der Waals surface area contributed by atoms with Crippen LogP contribution in [-0.4, -0.2) is 25.6 Å². The van der Waals surface area contributed by atoms with Gasteiger partial charge in [0.05, 0.1) is 5.02 Å². The van der Waals surface area contributed by atoms with Gasteiger partial charge in [0, 0.05) is 6.20 Å². The van der Waals surface area contributed by atoms with E-state index in [1.54, 1.807) is 0 Å². The zero-order valence-electron chi connectivity index (χ0n) is 8.57. The molecule has 9 heteroatoms. The number of pyridine rings is 1. The first-order chi connectivity index (χ1) is 8.29. The first kappa shape index (κ1) is 12.6. The Hall–Kier alpha value is -1.83. The zero-order chi connectivity index (χ0) is 13.5. The van der Waals surface area contributed by atoms with Crippen LogP contribution in [0.4, 0.5) is 13.2 Å². The monoisotopic (exact) mass is 279 g/mol. The summed E-state index contributed by atoms with van der Waals surface area (Å²) < 4.78 is 38.6. The van der Waals surface area contributed by atoms with E-state index in [0.717, 1.165) is 6.20 Å². The molecule has 0 radical (unpaired) electrons. The van der Waals surface area contributed by atoms with Crippen LogP contribution in [-0.2, 0) is 17.5 Å². The molecule has 18 heavy (non-hydrogen) atoms. The molecular weight excluding hydrogens is 275 g/mol. The molecule has 2 aromatic rings. The molecule has 0 amide bonds. The largest absolute Gasteiger partial charge is 0.480 e. The average molecular weight is 280 g/mol. The van der Waals surface area contributed by atoms with Crippen molar-refractivity contribution < 1.29 is 23.1 Å². The molecule has 0 atom stereocenters. The Bertz CT molecular complexity index is 623. The van der Waals surface area contributed by atoms with Crippen LogP contribution in [0.1, 0.15) is 5.82 Å². The fraction of sp³-hybridized carbons (Fsp3) is 0.222. The maximum absolute atomic E-state index is 12.7. The first-order valence-electron chi connectivity index (χ1n) is 4.60. The number of hydrogen-bond donors (Lipinski definition) is 1. The summed E-state index contributed by atoms with van der Waals surface area (Å²) in [6.07, 6.45) is -3.63. The third kappa shape index (κ3) is 2.23. The lowest BCUT2D eigenvalue weighted by Crippen LogP contribution is -2.19. The van der Waals surface area contributed by atoms with Gasteiger partial charge in [-0.1, -0.05) is 11.6 Å². The predicted molar refractivity (Wildman–Crippen MR) is 55.2 cm³/mol. The van der Waals surface area contributed by atoms with E-state index in [2.05, 4.69) is 9.97 Å². The van der Waals surface area contributed by atoms with Crippen LogP contribution in [0.25, 0.3) is 11.2 Å². The van der Waals surface area contributed by atoms with Gasteiger partial charge >= 0.3 is 12.1 Å². The highest BCUT2D eigenvalue weighted by atomic mass is 35.5. The first-order valence-corrected chi connectivity index (χ1v) is 4.97. The Balaban J connectivity index is 2.72. The Labute approximate surface area is 103 Å². The second-order valence-corrected chi connectivity index (χ2v) is 3.85. The van der Waals surface area contributed by atoms with Crippen molar-refractivity contribution in [1.29, 1.82) is 0 Å². The van der Waals surface area contributed by atoms with Crippen molar-refractivity contribution in [1.82, 2.24) is 14.5 Å². The molecule has 2 rings (SSSR count). The lowest BCUT2D eigenvalue weighted by Gasteiger charge is -2.08. The summed E-state index contributed by atoms with van der Waals surface area (Å²) in [7, 11) is 0. The van der Waals surface area contributed by atoms with Gasteiger partial charge in [0.1, 0.15) is 12.1 Å². The highest BCUT2D eigenvalue weighted by molar-refractivity contribution is 6.31. The fourth-order valence-corrected chi connectivity index (χ4v) is 1.64.